The Bertz CT molecular complexity index is 1020. The fourth-order valence-electron chi connectivity index (χ4n) is 4.58. The average Bonchev–Trinajstić information content (AvgIpc) is 3.09. The molecule has 1 atom stereocenters. The number of nitrogens with one attached hydrogen (secondary N) is 1. The van der Waals surface area contributed by atoms with Gasteiger partial charge in [-0.2, -0.15) is 0 Å². The van der Waals surface area contributed by atoms with Crippen molar-refractivity contribution in [1.29, 1.82) is 0 Å². The summed E-state index contributed by atoms with van der Waals surface area (Å²) in [6, 6.07) is 18.9. The molecule has 0 spiro atoms. The Morgan fingerprint density at radius 3 is 2.63 bits per heavy atom. The Labute approximate surface area is 183 Å². The van der Waals surface area contributed by atoms with Crippen molar-refractivity contribution in [3.8, 4) is 0 Å². The van der Waals surface area contributed by atoms with E-state index in [1.54, 1.807) is 0 Å². The summed E-state index contributed by atoms with van der Waals surface area (Å²) < 4.78 is 0. The van der Waals surface area contributed by atoms with Crippen molar-refractivity contribution < 1.29 is 4.79 Å². The van der Waals surface area contributed by atoms with Gasteiger partial charge in [-0.3, -0.25) is 9.69 Å². The predicted octanol–water partition coefficient (Wildman–Crippen LogP) is 5.77. The minimum Gasteiger partial charge on any atom is -0.325 e. The topological polar surface area (TPSA) is 32.3 Å². The molecule has 0 saturated carbocycles. The van der Waals surface area contributed by atoms with E-state index in [9.17, 15) is 4.79 Å². The third-order valence-corrected chi connectivity index (χ3v) is 7.29. The quantitative estimate of drug-likeness (QED) is 0.551. The van der Waals surface area contributed by atoms with Crippen LogP contribution in [0, 0.1) is 6.92 Å². The van der Waals surface area contributed by atoms with Gasteiger partial charge < -0.3 is 5.32 Å². The van der Waals surface area contributed by atoms with E-state index in [1.165, 1.54) is 32.0 Å². The number of carbonyl (C=O) groups excluding carboxylic acids is 1. The SMILES string of the molecule is CCc1cccc(NC(=O)CN2CCc3c(sc(C)c3CC)[C@H]2c2ccccc2)c1. The number of anilines is 1. The summed E-state index contributed by atoms with van der Waals surface area (Å²) in [7, 11) is 0. The number of amides is 1. The molecule has 1 aliphatic heterocycles. The number of carbonyl (C=O) groups is 1. The molecule has 1 N–H and O–H groups in total. The predicted molar refractivity (Wildman–Crippen MR) is 126 cm³/mol. The van der Waals surface area contributed by atoms with Crippen LogP contribution in [-0.2, 0) is 24.1 Å². The maximum atomic E-state index is 12.9. The lowest BCUT2D eigenvalue weighted by Crippen LogP contribution is -2.40. The fraction of sp³-hybridized carbons (Fsp3) is 0.346. The molecule has 0 radical (unpaired) electrons. The molecular formula is C26H30N2OS. The van der Waals surface area contributed by atoms with Crippen LogP contribution in [0.4, 0.5) is 5.69 Å². The zero-order chi connectivity index (χ0) is 21.1. The standard InChI is InChI=1S/C26H30N2OS/c1-4-19-10-9-13-21(16-19)27-24(29)17-28-15-14-23-22(5-2)18(3)30-26(23)25(28)20-11-7-6-8-12-20/h6-13,16,25H,4-5,14-15,17H2,1-3H3,(H,27,29)/t25-/m1/s1. The van der Waals surface area contributed by atoms with Crippen LogP contribution in [0.25, 0.3) is 0 Å². The van der Waals surface area contributed by atoms with E-state index in [4.69, 9.17) is 0 Å². The fourth-order valence-corrected chi connectivity index (χ4v) is 6.04. The molecule has 0 unspecified atom stereocenters. The van der Waals surface area contributed by atoms with Gasteiger partial charge in [-0.1, -0.05) is 56.3 Å². The molecule has 3 aromatic rings. The maximum Gasteiger partial charge on any atom is 0.238 e. The summed E-state index contributed by atoms with van der Waals surface area (Å²) in [5, 5.41) is 3.11. The number of hydrogen-bond acceptors (Lipinski definition) is 3. The van der Waals surface area contributed by atoms with Gasteiger partial charge in [0.1, 0.15) is 0 Å². The number of hydrogen-bond donors (Lipinski definition) is 1. The Morgan fingerprint density at radius 1 is 1.10 bits per heavy atom. The molecule has 3 nitrogen and oxygen atoms in total. The maximum absolute atomic E-state index is 12.9. The lowest BCUT2D eigenvalue weighted by atomic mass is 9.91. The third-order valence-electron chi connectivity index (χ3n) is 6.05. The van der Waals surface area contributed by atoms with Gasteiger partial charge in [-0.25, -0.2) is 0 Å². The monoisotopic (exact) mass is 418 g/mol. The first-order valence-electron chi connectivity index (χ1n) is 10.9. The molecule has 30 heavy (non-hydrogen) atoms. The molecule has 1 aliphatic rings. The van der Waals surface area contributed by atoms with Gasteiger partial charge in [0, 0.05) is 22.0 Å². The summed E-state index contributed by atoms with van der Waals surface area (Å²) in [5.41, 5.74) is 6.41. The molecule has 2 heterocycles. The molecule has 0 bridgehead atoms. The Kier molecular flexibility index (Phi) is 6.35. The second-order valence-corrected chi connectivity index (χ2v) is 9.23. The van der Waals surface area contributed by atoms with Gasteiger partial charge >= 0.3 is 0 Å². The molecule has 1 amide bonds. The first kappa shape index (κ1) is 20.8. The number of rotatable bonds is 6. The van der Waals surface area contributed by atoms with Crippen LogP contribution >= 0.6 is 11.3 Å². The van der Waals surface area contributed by atoms with Crippen molar-refractivity contribution in [3.05, 3.63) is 86.6 Å². The number of aryl methyl sites for hydroxylation is 2. The largest absolute Gasteiger partial charge is 0.325 e. The second kappa shape index (κ2) is 9.15. The molecule has 0 fully saturated rings. The second-order valence-electron chi connectivity index (χ2n) is 7.97. The third kappa shape index (κ3) is 4.21. The minimum absolute atomic E-state index is 0.0524. The van der Waals surface area contributed by atoms with Crippen LogP contribution < -0.4 is 5.32 Å². The first-order chi connectivity index (χ1) is 14.6. The summed E-state index contributed by atoms with van der Waals surface area (Å²) >= 11 is 1.91. The lowest BCUT2D eigenvalue weighted by molar-refractivity contribution is -0.117. The number of thiophene rings is 1. The molecule has 0 aliphatic carbocycles. The Balaban J connectivity index is 1.60. The van der Waals surface area contributed by atoms with E-state index in [2.05, 4.69) is 73.5 Å². The zero-order valence-electron chi connectivity index (χ0n) is 18.1. The van der Waals surface area contributed by atoms with E-state index >= 15 is 0 Å². The van der Waals surface area contributed by atoms with Gasteiger partial charge in [0.15, 0.2) is 0 Å². The van der Waals surface area contributed by atoms with Crippen LogP contribution in [0.5, 0.6) is 0 Å². The number of benzene rings is 2. The van der Waals surface area contributed by atoms with Gasteiger partial charge in [0.25, 0.3) is 0 Å². The van der Waals surface area contributed by atoms with Crippen LogP contribution in [-0.4, -0.2) is 23.9 Å². The normalized spacial score (nSPS) is 16.3. The highest BCUT2D eigenvalue weighted by Crippen LogP contribution is 2.42. The first-order valence-corrected chi connectivity index (χ1v) is 11.7. The summed E-state index contributed by atoms with van der Waals surface area (Å²) in [6.45, 7) is 7.91. The van der Waals surface area contributed by atoms with Crippen LogP contribution in [0.2, 0.25) is 0 Å². The summed E-state index contributed by atoms with van der Waals surface area (Å²) in [5.74, 6) is 0.0524. The zero-order valence-corrected chi connectivity index (χ0v) is 18.9. The van der Waals surface area contributed by atoms with Gasteiger partial charge in [-0.15, -0.1) is 11.3 Å². The summed E-state index contributed by atoms with van der Waals surface area (Å²) in [4.78, 5) is 18.1. The van der Waals surface area contributed by atoms with Crippen molar-refractivity contribution in [1.82, 2.24) is 4.90 Å². The molecule has 2 aromatic carbocycles. The van der Waals surface area contributed by atoms with E-state index in [1.807, 2.05) is 23.5 Å². The molecule has 1 aromatic heterocycles. The highest BCUT2D eigenvalue weighted by atomic mass is 32.1. The molecular weight excluding hydrogens is 388 g/mol. The average molecular weight is 419 g/mol. The van der Waals surface area contributed by atoms with Crippen molar-refractivity contribution in [3.63, 3.8) is 0 Å². The Hall–Kier alpha value is -2.43. The van der Waals surface area contributed by atoms with Gasteiger partial charge in [0.2, 0.25) is 5.91 Å². The van der Waals surface area contributed by atoms with Crippen molar-refractivity contribution in [2.24, 2.45) is 0 Å². The minimum atomic E-state index is 0.0524. The van der Waals surface area contributed by atoms with Gasteiger partial charge in [0.05, 0.1) is 12.6 Å². The molecule has 156 valence electrons. The number of fused-ring (bicyclic) bond motifs is 1. The molecule has 4 heteroatoms. The smallest absolute Gasteiger partial charge is 0.238 e. The van der Waals surface area contributed by atoms with Crippen molar-refractivity contribution >= 4 is 22.9 Å². The van der Waals surface area contributed by atoms with E-state index in [0.29, 0.717) is 6.54 Å². The van der Waals surface area contributed by atoms with Crippen LogP contribution in [0.3, 0.4) is 0 Å². The highest BCUT2D eigenvalue weighted by molar-refractivity contribution is 7.12. The molecule has 4 rings (SSSR count). The van der Waals surface area contributed by atoms with Crippen LogP contribution in [0.1, 0.15) is 51.9 Å². The van der Waals surface area contributed by atoms with E-state index in [-0.39, 0.29) is 11.9 Å². The number of nitrogens with zero attached hydrogens (tertiary/aromatic N) is 1. The van der Waals surface area contributed by atoms with Crippen molar-refractivity contribution in [2.45, 2.75) is 46.1 Å². The summed E-state index contributed by atoms with van der Waals surface area (Å²) in [6.07, 6.45) is 3.06. The highest BCUT2D eigenvalue weighted by Gasteiger charge is 2.33. The van der Waals surface area contributed by atoms with E-state index in [0.717, 1.165) is 31.5 Å². The van der Waals surface area contributed by atoms with Crippen LogP contribution in [0.15, 0.2) is 54.6 Å². The lowest BCUT2D eigenvalue weighted by Gasteiger charge is -2.36. The molecule has 0 saturated heterocycles. The van der Waals surface area contributed by atoms with Gasteiger partial charge in [-0.05, 0) is 60.6 Å². The van der Waals surface area contributed by atoms with E-state index < -0.39 is 0 Å². The Morgan fingerprint density at radius 2 is 1.90 bits per heavy atom. The van der Waals surface area contributed by atoms with Crippen molar-refractivity contribution in [2.75, 3.05) is 18.4 Å².